The number of anilines is 1. The van der Waals surface area contributed by atoms with Gasteiger partial charge in [0.1, 0.15) is 17.4 Å². The summed E-state index contributed by atoms with van der Waals surface area (Å²) >= 11 is 0. The maximum atomic E-state index is 10.9. The van der Waals surface area contributed by atoms with Crippen LogP contribution < -0.4 is 15.2 Å². The fourth-order valence-electron chi connectivity index (χ4n) is 3.26. The van der Waals surface area contributed by atoms with Crippen molar-refractivity contribution in [1.82, 2.24) is 19.9 Å². The fourth-order valence-corrected chi connectivity index (χ4v) is 3.26. The third-order valence-electron chi connectivity index (χ3n) is 5.20. The van der Waals surface area contributed by atoms with E-state index in [0.29, 0.717) is 11.6 Å². The lowest BCUT2D eigenvalue weighted by atomic mass is 9.99. The first-order chi connectivity index (χ1) is 17.1. The highest BCUT2D eigenvalue weighted by molar-refractivity contribution is 5.45. The van der Waals surface area contributed by atoms with E-state index < -0.39 is 16.1 Å². The number of nitrogens with two attached hydrogens (primary N) is 1. The Balaban J connectivity index is 0.000000202. The molecule has 0 saturated heterocycles. The molecule has 2 N–H and O–H groups in total. The molecule has 0 spiro atoms. The standard InChI is InChI=1S/C13H13N3O3.C13H15N3O/c1-13(2,10-5-8-14-9-6-10)19-11-4-3-7-15-12(11)16(17)18;1-13(2,10-5-8-15-9-6-10)17-11-4-3-7-16-12(11)14/h3-9H,1-2H3;3-9H,1-2H3,(H2,14,16). The Bertz CT molecular complexity index is 1280. The molecule has 0 aliphatic heterocycles. The van der Waals surface area contributed by atoms with Crippen LogP contribution in [0.25, 0.3) is 0 Å². The third-order valence-corrected chi connectivity index (χ3v) is 5.20. The van der Waals surface area contributed by atoms with Gasteiger partial charge in [-0.1, -0.05) is 0 Å². The van der Waals surface area contributed by atoms with Crippen LogP contribution in [-0.2, 0) is 11.2 Å². The number of aromatic nitrogens is 4. The molecule has 4 aromatic rings. The molecule has 186 valence electrons. The molecule has 10 nitrogen and oxygen atoms in total. The van der Waals surface area contributed by atoms with E-state index in [4.69, 9.17) is 15.2 Å². The number of nitrogen functional groups attached to an aromatic ring is 1. The van der Waals surface area contributed by atoms with Crippen molar-refractivity contribution in [3.8, 4) is 11.5 Å². The number of pyridine rings is 4. The second kappa shape index (κ2) is 11.2. The van der Waals surface area contributed by atoms with E-state index in [1.807, 2.05) is 58.0 Å². The average Bonchev–Trinajstić information content (AvgIpc) is 2.87. The van der Waals surface area contributed by atoms with Gasteiger partial charge in [0, 0.05) is 31.0 Å². The van der Waals surface area contributed by atoms with E-state index >= 15 is 0 Å². The van der Waals surface area contributed by atoms with Crippen LogP contribution in [-0.4, -0.2) is 24.9 Å². The highest BCUT2D eigenvalue weighted by atomic mass is 16.6. The summed E-state index contributed by atoms with van der Waals surface area (Å²) < 4.78 is 11.7. The number of hydrogen-bond acceptors (Lipinski definition) is 9. The van der Waals surface area contributed by atoms with Gasteiger partial charge in [-0.2, -0.15) is 0 Å². The van der Waals surface area contributed by atoms with Gasteiger partial charge in [0.15, 0.2) is 11.6 Å². The first kappa shape index (κ1) is 26.0. The molecule has 0 fully saturated rings. The monoisotopic (exact) mass is 488 g/mol. The molecule has 4 rings (SSSR count). The lowest BCUT2D eigenvalue weighted by Gasteiger charge is -2.27. The van der Waals surface area contributed by atoms with Crippen molar-refractivity contribution < 1.29 is 14.4 Å². The molecule has 4 heterocycles. The first-order valence-electron chi connectivity index (χ1n) is 11.1. The third kappa shape index (κ3) is 6.72. The second-order valence-corrected chi connectivity index (χ2v) is 8.67. The predicted molar refractivity (Wildman–Crippen MR) is 135 cm³/mol. The molecule has 0 unspecified atom stereocenters. The number of nitrogens with zero attached hydrogens (tertiary/aromatic N) is 5. The van der Waals surface area contributed by atoms with Crippen molar-refractivity contribution in [3.05, 3.63) is 107 Å². The Kier molecular flexibility index (Phi) is 8.11. The predicted octanol–water partition coefficient (Wildman–Crippen LogP) is 5.07. The molecule has 0 aliphatic carbocycles. The number of nitro groups is 1. The van der Waals surface area contributed by atoms with Crippen LogP contribution in [0.15, 0.2) is 85.7 Å². The highest BCUT2D eigenvalue weighted by Gasteiger charge is 2.27. The smallest absolute Gasteiger partial charge is 0.406 e. The maximum Gasteiger partial charge on any atom is 0.406 e. The van der Waals surface area contributed by atoms with Gasteiger partial charge in [0.25, 0.3) is 0 Å². The van der Waals surface area contributed by atoms with Crippen LogP contribution in [0.3, 0.4) is 0 Å². The average molecular weight is 489 g/mol. The van der Waals surface area contributed by atoms with Gasteiger partial charge in [0.2, 0.25) is 5.75 Å². The van der Waals surface area contributed by atoms with E-state index in [1.54, 1.807) is 43.1 Å². The van der Waals surface area contributed by atoms with Gasteiger partial charge in [0.05, 0.1) is 0 Å². The summed E-state index contributed by atoms with van der Waals surface area (Å²) in [6.45, 7) is 7.63. The molecule has 0 aliphatic rings. The van der Waals surface area contributed by atoms with Gasteiger partial charge >= 0.3 is 5.82 Å². The molecule has 0 radical (unpaired) electrons. The van der Waals surface area contributed by atoms with Crippen LogP contribution in [0.4, 0.5) is 11.6 Å². The van der Waals surface area contributed by atoms with Crippen LogP contribution in [0, 0.1) is 10.1 Å². The Hall–Kier alpha value is -4.60. The molecular formula is C26H28N6O4. The largest absolute Gasteiger partial charge is 0.479 e. The zero-order valence-electron chi connectivity index (χ0n) is 20.5. The van der Waals surface area contributed by atoms with Gasteiger partial charge < -0.3 is 25.3 Å². The van der Waals surface area contributed by atoms with E-state index in [2.05, 4.69) is 19.9 Å². The van der Waals surface area contributed by atoms with Gasteiger partial charge in [-0.15, -0.1) is 0 Å². The minimum atomic E-state index is -0.712. The minimum absolute atomic E-state index is 0.148. The van der Waals surface area contributed by atoms with Crippen LogP contribution in [0.2, 0.25) is 0 Å². The molecule has 0 saturated carbocycles. The van der Waals surface area contributed by atoms with Crippen LogP contribution in [0.1, 0.15) is 38.8 Å². The lowest BCUT2D eigenvalue weighted by molar-refractivity contribution is -0.391. The lowest BCUT2D eigenvalue weighted by Crippen LogP contribution is -2.25. The Labute approximate surface area is 209 Å². The van der Waals surface area contributed by atoms with E-state index in [0.717, 1.165) is 11.1 Å². The van der Waals surface area contributed by atoms with E-state index in [-0.39, 0.29) is 11.6 Å². The van der Waals surface area contributed by atoms with Crippen molar-refractivity contribution in [3.63, 3.8) is 0 Å². The molecule has 36 heavy (non-hydrogen) atoms. The minimum Gasteiger partial charge on any atom is -0.479 e. The highest BCUT2D eigenvalue weighted by Crippen LogP contribution is 2.32. The van der Waals surface area contributed by atoms with Crippen LogP contribution in [0.5, 0.6) is 11.5 Å². The van der Waals surface area contributed by atoms with Gasteiger partial charge in [-0.25, -0.2) is 4.98 Å². The normalized spacial score (nSPS) is 11.1. The first-order valence-corrected chi connectivity index (χ1v) is 11.1. The Morgan fingerprint density at radius 1 is 0.722 bits per heavy atom. The Morgan fingerprint density at radius 3 is 1.64 bits per heavy atom. The summed E-state index contributed by atoms with van der Waals surface area (Å²) in [4.78, 5) is 26.0. The molecular weight excluding hydrogens is 460 g/mol. The Morgan fingerprint density at radius 2 is 1.17 bits per heavy atom. The van der Waals surface area contributed by atoms with Crippen LogP contribution >= 0.6 is 0 Å². The quantitative estimate of drug-likeness (QED) is 0.279. The number of hydrogen-bond donors (Lipinski definition) is 1. The molecule has 0 bridgehead atoms. The van der Waals surface area contributed by atoms with Gasteiger partial charge in [-0.05, 0) is 97.3 Å². The van der Waals surface area contributed by atoms with Crippen molar-refractivity contribution >= 4 is 11.6 Å². The zero-order chi connectivity index (χ0) is 26.2. The molecule has 10 heteroatoms. The van der Waals surface area contributed by atoms with E-state index in [1.165, 1.54) is 12.3 Å². The van der Waals surface area contributed by atoms with E-state index in [9.17, 15) is 10.1 Å². The SMILES string of the molecule is CC(C)(Oc1cccnc1N)c1ccncc1.CC(C)(Oc1cccnc1[N+](=O)[O-])c1ccncc1. The van der Waals surface area contributed by atoms with Crippen molar-refractivity contribution in [2.45, 2.75) is 38.9 Å². The summed E-state index contributed by atoms with van der Waals surface area (Å²) in [5.41, 5.74) is 6.49. The zero-order valence-corrected chi connectivity index (χ0v) is 20.5. The summed E-state index contributed by atoms with van der Waals surface area (Å²) in [7, 11) is 0. The summed E-state index contributed by atoms with van der Waals surface area (Å²) in [6, 6.07) is 14.2. The molecule has 0 atom stereocenters. The van der Waals surface area contributed by atoms with Crippen molar-refractivity contribution in [2.24, 2.45) is 0 Å². The maximum absolute atomic E-state index is 10.9. The molecule has 0 amide bonds. The second-order valence-electron chi connectivity index (χ2n) is 8.67. The summed E-state index contributed by atoms with van der Waals surface area (Å²) in [5, 5.41) is 10.9. The fraction of sp³-hybridized carbons (Fsp3) is 0.231. The van der Waals surface area contributed by atoms with Gasteiger partial charge in [-0.3, -0.25) is 9.97 Å². The number of rotatable bonds is 7. The molecule has 4 aromatic heterocycles. The topological polar surface area (TPSA) is 139 Å². The number of ether oxygens (including phenoxy) is 2. The van der Waals surface area contributed by atoms with Crippen molar-refractivity contribution in [2.75, 3.05) is 5.73 Å². The summed E-state index contributed by atoms with van der Waals surface area (Å²) in [5.74, 6) is 0.850. The summed E-state index contributed by atoms with van der Waals surface area (Å²) in [6.07, 6.45) is 9.79. The van der Waals surface area contributed by atoms with Crippen molar-refractivity contribution in [1.29, 1.82) is 0 Å². The molecule has 0 aromatic carbocycles.